The Balaban J connectivity index is 0.909. The number of morpholine rings is 1. The summed E-state index contributed by atoms with van der Waals surface area (Å²) in [4.78, 5) is 7.12. The Labute approximate surface area is 368 Å². The first-order chi connectivity index (χ1) is 31.1. The third kappa shape index (κ3) is 6.56. The van der Waals surface area contributed by atoms with E-state index in [1.54, 1.807) is 0 Å². The summed E-state index contributed by atoms with van der Waals surface area (Å²) in [6, 6.07) is 49.9. The van der Waals surface area contributed by atoms with Crippen molar-refractivity contribution in [1.29, 1.82) is 0 Å². The van der Waals surface area contributed by atoms with Crippen LogP contribution in [-0.4, -0.2) is 12.1 Å². The Morgan fingerprint density at radius 2 is 1.29 bits per heavy atom. The Kier molecular flexibility index (Phi) is 9.00. The van der Waals surface area contributed by atoms with E-state index in [1.807, 2.05) is 24.3 Å². The van der Waals surface area contributed by atoms with Gasteiger partial charge in [0.2, 0.25) is 0 Å². The fraction of sp³-hybridized carbons (Fsp3) is 0.103. The third-order valence-electron chi connectivity index (χ3n) is 13.0. The average molecular weight is 816 g/mol. The lowest BCUT2D eigenvalue weighted by atomic mass is 9.86. The first kappa shape index (κ1) is 37.0. The first-order valence-electron chi connectivity index (χ1n) is 22.0. The average Bonchev–Trinajstić information content (AvgIpc) is 3.34. The van der Waals surface area contributed by atoms with E-state index in [0.717, 1.165) is 88.0 Å². The predicted octanol–water partition coefficient (Wildman–Crippen LogP) is 14.8. The van der Waals surface area contributed by atoms with Gasteiger partial charge in [0.25, 0.3) is 0 Å². The molecule has 1 fully saturated rings. The second-order valence-corrected chi connectivity index (χ2v) is 16.8. The maximum Gasteiger partial charge on any atom is 0.151 e. The lowest BCUT2D eigenvalue weighted by Crippen LogP contribution is -2.48. The molecule has 1 saturated heterocycles. The summed E-state index contributed by atoms with van der Waals surface area (Å²) in [6.07, 6.45) is 26.2. The minimum Gasteiger partial charge on any atom is -0.482 e. The molecule has 0 amide bonds. The summed E-state index contributed by atoms with van der Waals surface area (Å²) in [5, 5.41) is 2.45. The van der Waals surface area contributed by atoms with Gasteiger partial charge in [-0.2, -0.15) is 0 Å². The second kappa shape index (κ2) is 15.3. The standard InChI is InChI=1S/C58H45N3O2/c1-39-36-45(42-24-30-47(31-25-42)61-53-16-6-10-20-57(53)63-58-21-11-7-17-54(58)61)34-35-59(48-32-26-40-12-2-3-13-43(40)37-48)50-33-27-44(38-49(39)50)41-22-28-46(29-23-41)60-51-14-4-8-18-55(51)62-56-19-9-5-15-52(56)60/h2-4,6-8,10-26,28-32,34-38,51,55H,1,5,9,27,33H2/b35-34-,45-36+. The van der Waals surface area contributed by atoms with Crippen LogP contribution < -0.4 is 19.4 Å². The highest BCUT2D eigenvalue weighted by Crippen LogP contribution is 2.50. The summed E-state index contributed by atoms with van der Waals surface area (Å²) in [6.45, 7) is 4.77. The zero-order chi connectivity index (χ0) is 41.9. The number of anilines is 5. The molecule has 2 atom stereocenters. The molecule has 6 aliphatic rings. The third-order valence-corrected chi connectivity index (χ3v) is 13.0. The van der Waals surface area contributed by atoms with Crippen LogP contribution in [0.4, 0.5) is 28.4 Å². The van der Waals surface area contributed by atoms with Gasteiger partial charge in [-0.05, 0) is 155 Å². The molecule has 5 nitrogen and oxygen atoms in total. The molecule has 2 unspecified atom stereocenters. The molecule has 0 saturated carbocycles. The molecule has 12 rings (SSSR count). The summed E-state index contributed by atoms with van der Waals surface area (Å²) in [5.41, 5.74) is 14.7. The van der Waals surface area contributed by atoms with Crippen molar-refractivity contribution in [3.8, 4) is 11.5 Å². The molecule has 63 heavy (non-hydrogen) atoms. The number of rotatable bonds is 5. The number of hydrogen-bond donors (Lipinski definition) is 0. The Morgan fingerprint density at radius 1 is 0.603 bits per heavy atom. The predicted molar refractivity (Wildman–Crippen MR) is 259 cm³/mol. The van der Waals surface area contributed by atoms with Crippen LogP contribution in [0.1, 0.15) is 36.8 Å². The molecule has 0 spiro atoms. The van der Waals surface area contributed by atoms with Gasteiger partial charge in [0.05, 0.1) is 23.1 Å². The van der Waals surface area contributed by atoms with Crippen molar-refractivity contribution in [2.75, 3.05) is 14.7 Å². The van der Waals surface area contributed by atoms with E-state index in [4.69, 9.17) is 16.1 Å². The molecule has 6 aromatic rings. The van der Waals surface area contributed by atoms with Gasteiger partial charge in [-0.15, -0.1) is 0 Å². The van der Waals surface area contributed by atoms with Crippen molar-refractivity contribution in [3.63, 3.8) is 0 Å². The smallest absolute Gasteiger partial charge is 0.151 e. The Morgan fingerprint density at radius 3 is 2.10 bits per heavy atom. The highest BCUT2D eigenvalue weighted by atomic mass is 16.5. The summed E-state index contributed by atoms with van der Waals surface area (Å²) in [7, 11) is 0. The lowest BCUT2D eigenvalue weighted by molar-refractivity contribution is 0.125. The van der Waals surface area contributed by atoms with Crippen LogP contribution in [0.2, 0.25) is 0 Å². The SMILES string of the molecule is C=C1/C=C(c2ccc(N3c4ccccc4Oc4ccccc43)cc2)\C=C/N(c2ccc3ccccc3c2)C2=C1C=C(c1ccc(N3C4=CCCC=C4OC4C=CC=CC43)cc1)CC2. The van der Waals surface area contributed by atoms with Crippen molar-refractivity contribution < 1.29 is 9.47 Å². The molecule has 3 aliphatic heterocycles. The molecule has 6 aromatic carbocycles. The molecular weight excluding hydrogens is 771 g/mol. The van der Waals surface area contributed by atoms with E-state index in [9.17, 15) is 0 Å². The number of nitrogens with zero attached hydrogens (tertiary/aromatic N) is 3. The largest absolute Gasteiger partial charge is 0.482 e. The minimum absolute atomic E-state index is 0.0110. The van der Waals surface area contributed by atoms with E-state index in [0.29, 0.717) is 0 Å². The van der Waals surface area contributed by atoms with E-state index >= 15 is 0 Å². The van der Waals surface area contributed by atoms with Crippen LogP contribution >= 0.6 is 0 Å². The van der Waals surface area contributed by atoms with E-state index in [1.165, 1.54) is 39.0 Å². The number of hydrogen-bond acceptors (Lipinski definition) is 5. The van der Waals surface area contributed by atoms with Crippen LogP contribution in [0.5, 0.6) is 11.5 Å². The van der Waals surface area contributed by atoms with Crippen LogP contribution in [0.25, 0.3) is 21.9 Å². The first-order valence-corrected chi connectivity index (χ1v) is 22.0. The Hall–Kier alpha value is -7.76. The normalized spacial score (nSPS) is 21.1. The topological polar surface area (TPSA) is 28.2 Å². The summed E-state index contributed by atoms with van der Waals surface area (Å²) >= 11 is 0. The fourth-order valence-electron chi connectivity index (χ4n) is 9.90. The summed E-state index contributed by atoms with van der Waals surface area (Å²) < 4.78 is 12.8. The van der Waals surface area contributed by atoms with Crippen LogP contribution in [-0.2, 0) is 4.74 Å². The zero-order valence-corrected chi connectivity index (χ0v) is 34.9. The fourth-order valence-corrected chi connectivity index (χ4v) is 9.90. The quantitative estimate of drug-likeness (QED) is 0.173. The number of allylic oxidation sites excluding steroid dienone is 12. The van der Waals surface area contributed by atoms with Crippen molar-refractivity contribution in [1.82, 2.24) is 0 Å². The molecular formula is C58H45N3O2. The minimum atomic E-state index is -0.0110. The van der Waals surface area contributed by atoms with Crippen molar-refractivity contribution >= 4 is 50.4 Å². The Bertz CT molecular complexity index is 3060. The van der Waals surface area contributed by atoms with E-state index < -0.39 is 0 Å². The van der Waals surface area contributed by atoms with E-state index in [-0.39, 0.29) is 12.1 Å². The molecule has 3 heterocycles. The monoisotopic (exact) mass is 815 g/mol. The second-order valence-electron chi connectivity index (χ2n) is 16.8. The lowest BCUT2D eigenvalue weighted by Gasteiger charge is -2.44. The van der Waals surface area contributed by atoms with Gasteiger partial charge in [0.15, 0.2) is 11.5 Å². The molecule has 0 N–H and O–H groups in total. The van der Waals surface area contributed by atoms with Crippen molar-refractivity contribution in [3.05, 3.63) is 246 Å². The molecule has 304 valence electrons. The van der Waals surface area contributed by atoms with Gasteiger partial charge >= 0.3 is 0 Å². The summed E-state index contributed by atoms with van der Waals surface area (Å²) in [5.74, 6) is 2.67. The van der Waals surface area contributed by atoms with Gasteiger partial charge in [-0.25, -0.2) is 0 Å². The van der Waals surface area contributed by atoms with Gasteiger partial charge < -0.3 is 24.2 Å². The van der Waals surface area contributed by atoms with Gasteiger partial charge in [-0.1, -0.05) is 110 Å². The highest BCUT2D eigenvalue weighted by molar-refractivity contribution is 5.90. The van der Waals surface area contributed by atoms with Crippen molar-refractivity contribution in [2.24, 2.45) is 0 Å². The molecule has 0 radical (unpaired) electrons. The van der Waals surface area contributed by atoms with Gasteiger partial charge in [0.1, 0.15) is 11.9 Å². The number of fused-ring (bicyclic) bond motifs is 5. The van der Waals surface area contributed by atoms with Crippen LogP contribution in [0, 0.1) is 0 Å². The van der Waals surface area contributed by atoms with Crippen LogP contribution in [0.3, 0.4) is 0 Å². The maximum atomic E-state index is 6.47. The van der Waals surface area contributed by atoms with Crippen LogP contribution in [0.15, 0.2) is 235 Å². The number of ether oxygens (including phenoxy) is 2. The maximum absolute atomic E-state index is 6.47. The van der Waals surface area contributed by atoms with Gasteiger partial charge in [-0.3, -0.25) is 0 Å². The van der Waals surface area contributed by atoms with Crippen molar-refractivity contribution in [2.45, 2.75) is 37.8 Å². The number of para-hydroxylation sites is 4. The molecule has 5 heteroatoms. The highest BCUT2D eigenvalue weighted by Gasteiger charge is 2.37. The van der Waals surface area contributed by atoms with E-state index in [2.05, 4.69) is 191 Å². The zero-order valence-electron chi connectivity index (χ0n) is 34.9. The van der Waals surface area contributed by atoms with Gasteiger partial charge in [0, 0.05) is 34.5 Å². The molecule has 0 aromatic heterocycles. The molecule has 3 aliphatic carbocycles. The number of benzene rings is 6. The molecule has 0 bridgehead atoms.